The predicted octanol–water partition coefficient (Wildman–Crippen LogP) is 2.54. The number of nitrogens with two attached hydrogens (primary N) is 1. The van der Waals surface area contributed by atoms with Gasteiger partial charge in [0, 0.05) is 17.8 Å². The van der Waals surface area contributed by atoms with Gasteiger partial charge in [0.25, 0.3) is 0 Å². The molecular formula is C16H16N2O3. The van der Waals surface area contributed by atoms with Gasteiger partial charge in [-0.1, -0.05) is 18.2 Å². The van der Waals surface area contributed by atoms with E-state index in [4.69, 9.17) is 10.8 Å². The first kappa shape index (κ1) is 14.6. The lowest BCUT2D eigenvalue weighted by atomic mass is 10.1. The van der Waals surface area contributed by atoms with E-state index in [9.17, 15) is 9.59 Å². The van der Waals surface area contributed by atoms with Gasteiger partial charge in [0.2, 0.25) is 5.91 Å². The van der Waals surface area contributed by atoms with Crippen LogP contribution < -0.4 is 11.1 Å². The number of aryl methyl sites for hydroxylation is 1. The van der Waals surface area contributed by atoms with Crippen molar-refractivity contribution in [3.05, 3.63) is 59.7 Å². The lowest BCUT2D eigenvalue weighted by molar-refractivity contribution is -0.116. The van der Waals surface area contributed by atoms with E-state index in [0.717, 1.165) is 5.56 Å². The fourth-order valence-corrected chi connectivity index (χ4v) is 1.96. The molecule has 4 N–H and O–H groups in total. The van der Waals surface area contributed by atoms with Gasteiger partial charge in [0.05, 0.1) is 5.56 Å². The summed E-state index contributed by atoms with van der Waals surface area (Å²) >= 11 is 0. The zero-order valence-electron chi connectivity index (χ0n) is 11.4. The summed E-state index contributed by atoms with van der Waals surface area (Å²) in [6.07, 6.45) is 0.885. The van der Waals surface area contributed by atoms with Gasteiger partial charge in [0.15, 0.2) is 0 Å². The highest BCUT2D eigenvalue weighted by atomic mass is 16.4. The molecule has 1 amide bonds. The van der Waals surface area contributed by atoms with E-state index in [0.29, 0.717) is 24.2 Å². The number of hydrogen-bond donors (Lipinski definition) is 3. The topological polar surface area (TPSA) is 92.4 Å². The molecule has 2 rings (SSSR count). The van der Waals surface area contributed by atoms with E-state index in [1.165, 1.54) is 12.1 Å². The van der Waals surface area contributed by atoms with E-state index < -0.39 is 5.97 Å². The van der Waals surface area contributed by atoms with Crippen LogP contribution in [0.25, 0.3) is 0 Å². The zero-order valence-corrected chi connectivity index (χ0v) is 11.4. The van der Waals surface area contributed by atoms with Crippen LogP contribution in [-0.2, 0) is 11.2 Å². The minimum absolute atomic E-state index is 0.142. The number of carboxylic acids is 1. The molecule has 0 unspecified atom stereocenters. The van der Waals surface area contributed by atoms with Crippen LogP contribution in [0, 0.1) is 0 Å². The van der Waals surface area contributed by atoms with Crippen molar-refractivity contribution in [3.63, 3.8) is 0 Å². The highest BCUT2D eigenvalue weighted by molar-refractivity contribution is 5.93. The highest BCUT2D eigenvalue weighted by Crippen LogP contribution is 2.13. The summed E-state index contributed by atoms with van der Waals surface area (Å²) in [6, 6.07) is 13.5. The molecule has 0 radical (unpaired) electrons. The summed E-state index contributed by atoms with van der Waals surface area (Å²) in [6.45, 7) is 0. The first-order chi connectivity index (χ1) is 10.0. The third-order valence-electron chi connectivity index (χ3n) is 2.99. The normalized spacial score (nSPS) is 10.1. The molecule has 0 saturated heterocycles. The zero-order chi connectivity index (χ0) is 15.2. The Bertz CT molecular complexity index is 668. The van der Waals surface area contributed by atoms with Gasteiger partial charge in [-0.25, -0.2) is 4.79 Å². The fraction of sp³-hybridized carbons (Fsp3) is 0.125. The molecule has 0 heterocycles. The number of hydrogen-bond acceptors (Lipinski definition) is 3. The molecule has 0 atom stereocenters. The summed E-state index contributed by atoms with van der Waals surface area (Å²) < 4.78 is 0. The molecule has 5 nitrogen and oxygen atoms in total. The van der Waals surface area contributed by atoms with Crippen LogP contribution in [0.15, 0.2) is 48.5 Å². The Balaban J connectivity index is 1.93. The number of benzene rings is 2. The van der Waals surface area contributed by atoms with Crippen LogP contribution in [-0.4, -0.2) is 17.0 Å². The maximum Gasteiger partial charge on any atom is 0.335 e. The van der Waals surface area contributed by atoms with Crippen molar-refractivity contribution < 1.29 is 14.7 Å². The van der Waals surface area contributed by atoms with Crippen molar-refractivity contribution in [1.29, 1.82) is 0 Å². The predicted molar refractivity (Wildman–Crippen MR) is 81.2 cm³/mol. The molecule has 0 spiro atoms. The van der Waals surface area contributed by atoms with Crippen molar-refractivity contribution in [3.8, 4) is 0 Å². The Morgan fingerprint density at radius 3 is 2.57 bits per heavy atom. The standard InChI is InChI=1S/C16H16N2O3/c17-13-5-1-3-11(9-13)7-8-15(19)18-14-6-2-4-12(10-14)16(20)21/h1-6,9-10H,7-8,17H2,(H,18,19)(H,20,21). The van der Waals surface area contributed by atoms with Crippen LogP contribution in [0.5, 0.6) is 0 Å². The average Bonchev–Trinajstić information content (AvgIpc) is 2.45. The quantitative estimate of drug-likeness (QED) is 0.736. The molecule has 0 aromatic heterocycles. The van der Waals surface area contributed by atoms with E-state index in [1.54, 1.807) is 18.2 Å². The number of nitrogens with one attached hydrogen (secondary N) is 1. The second kappa shape index (κ2) is 6.56. The fourth-order valence-electron chi connectivity index (χ4n) is 1.96. The molecule has 0 saturated carbocycles. The average molecular weight is 284 g/mol. The van der Waals surface area contributed by atoms with Gasteiger partial charge in [-0.15, -0.1) is 0 Å². The molecule has 5 heteroatoms. The first-order valence-corrected chi connectivity index (χ1v) is 6.52. The minimum atomic E-state index is -1.02. The van der Waals surface area contributed by atoms with Crippen LogP contribution in [0.2, 0.25) is 0 Å². The van der Waals surface area contributed by atoms with E-state index >= 15 is 0 Å². The molecule has 21 heavy (non-hydrogen) atoms. The molecule has 0 bridgehead atoms. The Kier molecular flexibility index (Phi) is 4.56. The molecule has 0 aliphatic heterocycles. The number of carbonyl (C=O) groups excluding carboxylic acids is 1. The van der Waals surface area contributed by atoms with Gasteiger partial charge >= 0.3 is 5.97 Å². The number of amides is 1. The van der Waals surface area contributed by atoms with Crippen molar-refractivity contribution >= 4 is 23.3 Å². The van der Waals surface area contributed by atoms with Gasteiger partial charge in [-0.3, -0.25) is 4.79 Å². The van der Waals surface area contributed by atoms with Crippen LogP contribution in [0.4, 0.5) is 11.4 Å². The molecule has 0 aliphatic rings. The third-order valence-corrected chi connectivity index (χ3v) is 2.99. The number of rotatable bonds is 5. The van der Waals surface area contributed by atoms with Crippen molar-refractivity contribution in [1.82, 2.24) is 0 Å². The molecule has 0 aliphatic carbocycles. The summed E-state index contributed by atoms with van der Waals surface area (Å²) in [5.41, 5.74) is 7.96. The maximum absolute atomic E-state index is 11.9. The Morgan fingerprint density at radius 1 is 1.10 bits per heavy atom. The van der Waals surface area contributed by atoms with E-state index in [1.807, 2.05) is 18.2 Å². The minimum Gasteiger partial charge on any atom is -0.478 e. The van der Waals surface area contributed by atoms with Gasteiger partial charge in [-0.2, -0.15) is 0 Å². The summed E-state index contributed by atoms with van der Waals surface area (Å²) in [5, 5.41) is 11.6. The van der Waals surface area contributed by atoms with Gasteiger partial charge in [-0.05, 0) is 42.3 Å². The van der Waals surface area contributed by atoms with Crippen LogP contribution in [0.1, 0.15) is 22.3 Å². The van der Waals surface area contributed by atoms with Crippen LogP contribution >= 0.6 is 0 Å². The monoisotopic (exact) mass is 284 g/mol. The Hall–Kier alpha value is -2.82. The molecule has 0 fully saturated rings. The largest absolute Gasteiger partial charge is 0.478 e. The summed E-state index contributed by atoms with van der Waals surface area (Å²) in [7, 11) is 0. The van der Waals surface area contributed by atoms with E-state index in [2.05, 4.69) is 5.32 Å². The highest BCUT2D eigenvalue weighted by Gasteiger charge is 2.06. The molecular weight excluding hydrogens is 268 g/mol. The molecule has 2 aromatic carbocycles. The number of carboxylic acid groups (broad SMARTS) is 1. The second-order valence-electron chi connectivity index (χ2n) is 4.68. The van der Waals surface area contributed by atoms with Gasteiger partial charge < -0.3 is 16.2 Å². The summed E-state index contributed by atoms with van der Waals surface area (Å²) in [5.74, 6) is -1.19. The van der Waals surface area contributed by atoms with E-state index in [-0.39, 0.29) is 11.5 Å². The van der Waals surface area contributed by atoms with Crippen molar-refractivity contribution in [2.24, 2.45) is 0 Å². The Labute approximate surface area is 122 Å². The van der Waals surface area contributed by atoms with Crippen molar-refractivity contribution in [2.45, 2.75) is 12.8 Å². The first-order valence-electron chi connectivity index (χ1n) is 6.52. The number of anilines is 2. The number of carbonyl (C=O) groups is 2. The number of aromatic carboxylic acids is 1. The third kappa shape index (κ3) is 4.35. The lowest BCUT2D eigenvalue weighted by Gasteiger charge is -2.06. The summed E-state index contributed by atoms with van der Waals surface area (Å²) in [4.78, 5) is 22.7. The maximum atomic E-state index is 11.9. The van der Waals surface area contributed by atoms with Crippen molar-refractivity contribution in [2.75, 3.05) is 11.1 Å². The lowest BCUT2D eigenvalue weighted by Crippen LogP contribution is -2.12. The van der Waals surface area contributed by atoms with Gasteiger partial charge in [0.1, 0.15) is 0 Å². The Morgan fingerprint density at radius 2 is 1.86 bits per heavy atom. The van der Waals surface area contributed by atoms with Crippen LogP contribution in [0.3, 0.4) is 0 Å². The molecule has 108 valence electrons. The number of nitrogen functional groups attached to an aromatic ring is 1. The molecule has 2 aromatic rings. The SMILES string of the molecule is Nc1cccc(CCC(=O)Nc2cccc(C(=O)O)c2)c1. The smallest absolute Gasteiger partial charge is 0.335 e. The second-order valence-corrected chi connectivity index (χ2v) is 4.68.